The largest absolute Gasteiger partial charge is 0.424 e. The van der Waals surface area contributed by atoms with E-state index < -0.39 is 10.3 Å². The number of alkyl halides is 2. The number of aryl methyl sites for hydroxylation is 1. The van der Waals surface area contributed by atoms with Crippen molar-refractivity contribution in [1.82, 2.24) is 9.47 Å². The van der Waals surface area contributed by atoms with Crippen LogP contribution in [-0.2, 0) is 16.0 Å². The zero-order chi connectivity index (χ0) is 20.2. The first-order valence-corrected chi connectivity index (χ1v) is 11.1. The molecule has 1 fully saturated rings. The number of benzene rings is 1. The van der Waals surface area contributed by atoms with E-state index in [1.165, 1.54) is 12.1 Å². The molecule has 1 aliphatic carbocycles. The molecule has 2 aromatic rings. The van der Waals surface area contributed by atoms with Gasteiger partial charge in [-0.2, -0.15) is 0 Å². The highest BCUT2D eigenvalue weighted by Gasteiger charge is 2.54. The molecule has 3 aliphatic rings. The van der Waals surface area contributed by atoms with Crippen LogP contribution in [0.2, 0.25) is 0 Å². The molecule has 1 aromatic heterocycles. The Kier molecular flexibility index (Phi) is 4.77. The van der Waals surface area contributed by atoms with E-state index >= 15 is 0 Å². The molecule has 4 nitrogen and oxygen atoms in total. The van der Waals surface area contributed by atoms with Gasteiger partial charge in [0.1, 0.15) is 5.76 Å². The second kappa shape index (κ2) is 7.19. The van der Waals surface area contributed by atoms with E-state index in [2.05, 4.69) is 34.6 Å². The van der Waals surface area contributed by atoms with Crippen LogP contribution in [0.5, 0.6) is 0 Å². The number of ether oxygens (including phenoxy) is 1. The standard InChI is InChI=1S/C23H24Cl2N2O2/c1-15-14-18-19(27(15)16-8-4-2-5-9-16)11-10-17-20(18)29-22(28)23(24,25)21(17)26-12-6-3-7-13-26/h2,4-5,8-9,14,21H,3,6-7,10-13H2,1H3. The molecule has 0 saturated carbocycles. The van der Waals surface area contributed by atoms with Gasteiger partial charge in [-0.05, 0) is 69.5 Å². The molecule has 6 heteroatoms. The maximum absolute atomic E-state index is 12.8. The normalized spacial score (nSPS) is 24.1. The van der Waals surface area contributed by atoms with Gasteiger partial charge in [0.05, 0.1) is 6.04 Å². The molecule has 1 saturated heterocycles. The maximum atomic E-state index is 12.8. The van der Waals surface area contributed by atoms with Gasteiger partial charge in [-0.15, -0.1) is 0 Å². The molecular formula is C23H24Cl2N2O2. The van der Waals surface area contributed by atoms with Crippen LogP contribution in [0.3, 0.4) is 0 Å². The number of halogens is 2. The molecule has 5 rings (SSSR count). The van der Waals surface area contributed by atoms with Gasteiger partial charge < -0.3 is 9.30 Å². The van der Waals surface area contributed by atoms with E-state index in [-0.39, 0.29) is 6.04 Å². The van der Waals surface area contributed by atoms with E-state index in [9.17, 15) is 4.79 Å². The summed E-state index contributed by atoms with van der Waals surface area (Å²) in [7, 11) is 0. The summed E-state index contributed by atoms with van der Waals surface area (Å²) < 4.78 is 6.49. The summed E-state index contributed by atoms with van der Waals surface area (Å²) in [4.78, 5) is 15.1. The second-order valence-electron chi connectivity index (χ2n) is 8.18. The van der Waals surface area contributed by atoms with Crippen molar-refractivity contribution >= 4 is 34.9 Å². The summed E-state index contributed by atoms with van der Waals surface area (Å²) in [6.07, 6.45) is 5.07. The van der Waals surface area contributed by atoms with Crippen LogP contribution in [-0.4, -0.2) is 38.9 Å². The maximum Gasteiger partial charge on any atom is 0.350 e. The van der Waals surface area contributed by atoms with Crippen molar-refractivity contribution in [2.75, 3.05) is 13.1 Å². The van der Waals surface area contributed by atoms with Crippen molar-refractivity contribution in [3.8, 4) is 5.69 Å². The van der Waals surface area contributed by atoms with E-state index in [1.807, 2.05) is 18.2 Å². The Morgan fingerprint density at radius 2 is 1.79 bits per heavy atom. The van der Waals surface area contributed by atoms with Crippen molar-refractivity contribution < 1.29 is 9.53 Å². The number of likely N-dealkylation sites (tertiary alicyclic amines) is 1. The van der Waals surface area contributed by atoms with Gasteiger partial charge >= 0.3 is 5.97 Å². The van der Waals surface area contributed by atoms with Crippen molar-refractivity contribution in [2.45, 2.75) is 49.4 Å². The summed E-state index contributed by atoms with van der Waals surface area (Å²) in [5.41, 5.74) is 5.47. The smallest absolute Gasteiger partial charge is 0.350 e. The summed E-state index contributed by atoms with van der Waals surface area (Å²) in [5.74, 6) is 0.106. The number of rotatable bonds is 2. The van der Waals surface area contributed by atoms with Gasteiger partial charge in [-0.25, -0.2) is 4.79 Å². The summed E-state index contributed by atoms with van der Waals surface area (Å²) in [5, 5.41) is 0. The second-order valence-corrected chi connectivity index (χ2v) is 9.57. The lowest BCUT2D eigenvalue weighted by Gasteiger charge is -2.45. The van der Waals surface area contributed by atoms with E-state index in [4.69, 9.17) is 27.9 Å². The predicted octanol–water partition coefficient (Wildman–Crippen LogP) is 5.03. The quantitative estimate of drug-likeness (QED) is 0.494. The molecule has 0 amide bonds. The van der Waals surface area contributed by atoms with Gasteiger partial charge in [0.25, 0.3) is 0 Å². The van der Waals surface area contributed by atoms with Crippen molar-refractivity contribution in [2.24, 2.45) is 0 Å². The molecule has 1 aromatic carbocycles. The highest BCUT2D eigenvalue weighted by atomic mass is 35.5. The zero-order valence-electron chi connectivity index (χ0n) is 16.5. The molecule has 0 radical (unpaired) electrons. The lowest BCUT2D eigenvalue weighted by Crippen LogP contribution is -2.56. The molecule has 2 aliphatic heterocycles. The van der Waals surface area contributed by atoms with Crippen molar-refractivity contribution in [3.05, 3.63) is 58.9 Å². The number of piperidine rings is 1. The van der Waals surface area contributed by atoms with Crippen LogP contribution in [0.25, 0.3) is 11.4 Å². The number of aromatic nitrogens is 1. The fourth-order valence-corrected chi connectivity index (χ4v) is 5.72. The van der Waals surface area contributed by atoms with Crippen LogP contribution < -0.4 is 0 Å². The topological polar surface area (TPSA) is 34.5 Å². The monoisotopic (exact) mass is 430 g/mol. The molecule has 29 heavy (non-hydrogen) atoms. The van der Waals surface area contributed by atoms with E-state index in [0.29, 0.717) is 5.76 Å². The number of fused-ring (bicyclic) bond motifs is 2. The number of carbonyl (C=O) groups is 1. The molecule has 0 spiro atoms. The number of nitrogens with zero attached hydrogens (tertiary/aromatic N) is 2. The number of hydrogen-bond donors (Lipinski definition) is 0. The predicted molar refractivity (Wildman–Crippen MR) is 115 cm³/mol. The summed E-state index contributed by atoms with van der Waals surface area (Å²) in [6.45, 7) is 3.91. The van der Waals surface area contributed by atoms with Crippen molar-refractivity contribution in [3.63, 3.8) is 0 Å². The number of hydrogen-bond acceptors (Lipinski definition) is 3. The van der Waals surface area contributed by atoms with Gasteiger partial charge in [0.2, 0.25) is 4.33 Å². The van der Waals surface area contributed by atoms with E-state index in [0.717, 1.165) is 61.3 Å². The van der Waals surface area contributed by atoms with Crippen molar-refractivity contribution in [1.29, 1.82) is 0 Å². The molecule has 1 atom stereocenters. The van der Waals surface area contributed by atoms with Crippen LogP contribution >= 0.6 is 23.2 Å². The number of esters is 1. The molecule has 1 unspecified atom stereocenters. The molecule has 152 valence electrons. The SMILES string of the molecule is Cc1cc2c(n1-c1ccccc1)CCC1=C2OC(=O)C(Cl)(Cl)C1N1CCCCC1. The minimum absolute atomic E-state index is 0.323. The third-order valence-electron chi connectivity index (χ3n) is 6.36. The van der Waals surface area contributed by atoms with Gasteiger partial charge in [-0.3, -0.25) is 4.90 Å². The Balaban J connectivity index is 1.64. The molecular weight excluding hydrogens is 407 g/mol. The van der Waals surface area contributed by atoms with Gasteiger partial charge in [-0.1, -0.05) is 47.8 Å². The highest BCUT2D eigenvalue weighted by molar-refractivity contribution is 6.58. The van der Waals surface area contributed by atoms with Gasteiger partial charge in [0, 0.05) is 22.6 Å². The third kappa shape index (κ3) is 3.04. The average molecular weight is 431 g/mol. The average Bonchev–Trinajstić information content (AvgIpc) is 3.06. The first-order valence-electron chi connectivity index (χ1n) is 10.3. The Morgan fingerprint density at radius 3 is 2.52 bits per heavy atom. The Morgan fingerprint density at radius 1 is 1.07 bits per heavy atom. The highest BCUT2D eigenvalue weighted by Crippen LogP contribution is 2.48. The van der Waals surface area contributed by atoms with E-state index in [1.54, 1.807) is 0 Å². The number of carbonyl (C=O) groups excluding carboxylic acids is 1. The molecule has 0 N–H and O–H groups in total. The summed E-state index contributed by atoms with van der Waals surface area (Å²) in [6, 6.07) is 12.1. The Hall–Kier alpha value is -1.75. The Bertz CT molecular complexity index is 988. The van der Waals surface area contributed by atoms with Crippen LogP contribution in [0.1, 0.15) is 42.6 Å². The summed E-state index contributed by atoms with van der Waals surface area (Å²) >= 11 is 13.2. The first kappa shape index (κ1) is 19.2. The molecule has 3 heterocycles. The Labute approximate surface area is 181 Å². The minimum atomic E-state index is -1.56. The van der Waals surface area contributed by atoms with Crippen LogP contribution in [0.15, 0.2) is 42.0 Å². The van der Waals surface area contributed by atoms with Crippen LogP contribution in [0.4, 0.5) is 0 Å². The third-order valence-corrected chi connectivity index (χ3v) is 7.09. The fourth-order valence-electron chi connectivity index (χ4n) is 5.11. The minimum Gasteiger partial charge on any atom is -0.424 e. The first-order chi connectivity index (χ1) is 14.0. The zero-order valence-corrected chi connectivity index (χ0v) is 18.0. The number of para-hydroxylation sites is 1. The fraction of sp³-hybridized carbons (Fsp3) is 0.435. The van der Waals surface area contributed by atoms with Crippen LogP contribution in [0, 0.1) is 6.92 Å². The lowest BCUT2D eigenvalue weighted by molar-refractivity contribution is -0.140. The van der Waals surface area contributed by atoms with Gasteiger partial charge in [0.15, 0.2) is 0 Å². The lowest BCUT2D eigenvalue weighted by atomic mass is 9.85. The molecule has 0 bridgehead atoms.